The molecule has 19 heavy (non-hydrogen) atoms. The van der Waals surface area contributed by atoms with Crippen molar-refractivity contribution in [1.82, 2.24) is 10.2 Å². The molecule has 0 aliphatic carbocycles. The Morgan fingerprint density at radius 3 is 2.95 bits per heavy atom. The van der Waals surface area contributed by atoms with Gasteiger partial charge in [-0.05, 0) is 43.3 Å². The Morgan fingerprint density at radius 2 is 2.32 bits per heavy atom. The minimum absolute atomic E-state index is 0.0665. The summed E-state index contributed by atoms with van der Waals surface area (Å²) in [4.78, 5) is 15.1. The number of nitrogens with zero attached hydrogens (tertiary/aromatic N) is 1. The maximum absolute atomic E-state index is 11.8. The van der Waals surface area contributed by atoms with Crippen molar-refractivity contribution in [2.75, 3.05) is 39.9 Å². The van der Waals surface area contributed by atoms with Crippen LogP contribution in [0.15, 0.2) is 17.5 Å². The number of piperidine rings is 1. The van der Waals surface area contributed by atoms with Crippen molar-refractivity contribution in [3.05, 3.63) is 22.4 Å². The number of methoxy groups -OCH3 is 1. The van der Waals surface area contributed by atoms with E-state index < -0.39 is 0 Å². The Kier molecular flexibility index (Phi) is 5.82. The van der Waals surface area contributed by atoms with Gasteiger partial charge in [-0.1, -0.05) is 6.07 Å². The Bertz CT molecular complexity index is 373. The topological polar surface area (TPSA) is 41.6 Å². The standard InChI is InChI=1S/C14H22N2O2S/c1-18-9-8-16-6-4-12(5-7-16)11-15-14(17)13-3-2-10-19-13/h2-3,10,12H,4-9,11H2,1H3,(H,15,17). The number of nitrogens with one attached hydrogen (secondary N) is 1. The average molecular weight is 282 g/mol. The number of hydrogen-bond donors (Lipinski definition) is 1. The highest BCUT2D eigenvalue weighted by atomic mass is 32.1. The molecule has 1 aliphatic rings. The van der Waals surface area contributed by atoms with Crippen LogP contribution in [0.25, 0.3) is 0 Å². The lowest BCUT2D eigenvalue weighted by Gasteiger charge is -2.31. The molecular formula is C14H22N2O2S. The Hall–Kier alpha value is -0.910. The van der Waals surface area contributed by atoms with Crippen molar-refractivity contribution in [3.8, 4) is 0 Å². The molecule has 0 aromatic carbocycles. The predicted octanol–water partition coefficient (Wildman–Crippen LogP) is 1.84. The summed E-state index contributed by atoms with van der Waals surface area (Å²) in [5.74, 6) is 0.680. The van der Waals surface area contributed by atoms with Gasteiger partial charge in [-0.2, -0.15) is 0 Å². The molecule has 1 fully saturated rings. The molecule has 1 saturated heterocycles. The van der Waals surface area contributed by atoms with E-state index in [0.717, 1.165) is 50.5 Å². The van der Waals surface area contributed by atoms with Crippen LogP contribution in [0.1, 0.15) is 22.5 Å². The van der Waals surface area contributed by atoms with Gasteiger partial charge < -0.3 is 15.0 Å². The summed E-state index contributed by atoms with van der Waals surface area (Å²) in [6.07, 6.45) is 2.32. The lowest BCUT2D eigenvalue weighted by atomic mass is 9.97. The maximum Gasteiger partial charge on any atom is 0.261 e. The number of thiophene rings is 1. The summed E-state index contributed by atoms with van der Waals surface area (Å²) >= 11 is 1.49. The number of carbonyl (C=O) groups is 1. The molecule has 1 aromatic rings. The van der Waals surface area contributed by atoms with Crippen LogP contribution in [-0.4, -0.2) is 50.7 Å². The first kappa shape index (κ1) is 14.5. The molecule has 5 heteroatoms. The van der Waals surface area contributed by atoms with Gasteiger partial charge in [0.15, 0.2) is 0 Å². The zero-order valence-corrected chi connectivity index (χ0v) is 12.2. The lowest BCUT2D eigenvalue weighted by molar-refractivity contribution is 0.0930. The molecule has 0 saturated carbocycles. The van der Waals surface area contributed by atoms with Gasteiger partial charge in [0.2, 0.25) is 0 Å². The average Bonchev–Trinajstić information content (AvgIpc) is 2.98. The molecule has 106 valence electrons. The van der Waals surface area contributed by atoms with E-state index in [4.69, 9.17) is 4.74 Å². The van der Waals surface area contributed by atoms with Crippen LogP contribution in [0.2, 0.25) is 0 Å². The first-order valence-electron chi connectivity index (χ1n) is 6.82. The van der Waals surface area contributed by atoms with E-state index >= 15 is 0 Å². The van der Waals surface area contributed by atoms with Crippen LogP contribution < -0.4 is 5.32 Å². The molecule has 2 heterocycles. The third kappa shape index (κ3) is 4.60. The molecular weight excluding hydrogens is 260 g/mol. The second-order valence-corrected chi connectivity index (χ2v) is 5.91. The SMILES string of the molecule is COCCN1CCC(CNC(=O)c2cccs2)CC1. The summed E-state index contributed by atoms with van der Waals surface area (Å²) in [7, 11) is 1.74. The second kappa shape index (κ2) is 7.62. The van der Waals surface area contributed by atoms with E-state index in [1.165, 1.54) is 11.3 Å². The van der Waals surface area contributed by atoms with Gasteiger partial charge in [0.05, 0.1) is 11.5 Å². The quantitative estimate of drug-likeness (QED) is 0.865. The number of carbonyl (C=O) groups excluding carboxylic acids is 1. The molecule has 2 rings (SSSR count). The van der Waals surface area contributed by atoms with Gasteiger partial charge in [-0.25, -0.2) is 0 Å². The highest BCUT2D eigenvalue weighted by molar-refractivity contribution is 7.12. The molecule has 0 spiro atoms. The largest absolute Gasteiger partial charge is 0.383 e. The first-order chi connectivity index (χ1) is 9.29. The molecule has 1 aromatic heterocycles. The Morgan fingerprint density at radius 1 is 1.53 bits per heavy atom. The number of likely N-dealkylation sites (tertiary alicyclic amines) is 1. The summed E-state index contributed by atoms with van der Waals surface area (Å²) in [5, 5.41) is 4.97. The van der Waals surface area contributed by atoms with Crippen LogP contribution in [0.4, 0.5) is 0 Å². The monoisotopic (exact) mass is 282 g/mol. The van der Waals surface area contributed by atoms with Gasteiger partial charge >= 0.3 is 0 Å². The summed E-state index contributed by atoms with van der Waals surface area (Å²) in [5.41, 5.74) is 0. The van der Waals surface area contributed by atoms with Crippen LogP contribution in [0.3, 0.4) is 0 Å². The highest BCUT2D eigenvalue weighted by Gasteiger charge is 2.19. The summed E-state index contributed by atoms with van der Waals surface area (Å²) < 4.78 is 5.09. The number of amides is 1. The Balaban J connectivity index is 1.64. The van der Waals surface area contributed by atoms with E-state index in [-0.39, 0.29) is 5.91 Å². The molecule has 4 nitrogen and oxygen atoms in total. The molecule has 0 atom stereocenters. The molecule has 0 bridgehead atoms. The minimum atomic E-state index is 0.0665. The van der Waals surface area contributed by atoms with Crippen LogP contribution in [0, 0.1) is 5.92 Å². The predicted molar refractivity (Wildman–Crippen MR) is 77.7 cm³/mol. The van der Waals surface area contributed by atoms with Crippen molar-refractivity contribution >= 4 is 17.2 Å². The number of hydrogen-bond acceptors (Lipinski definition) is 4. The normalized spacial score (nSPS) is 17.5. The third-order valence-electron chi connectivity index (χ3n) is 3.62. The third-order valence-corrected chi connectivity index (χ3v) is 4.48. The molecule has 1 N–H and O–H groups in total. The molecule has 1 aliphatic heterocycles. The smallest absolute Gasteiger partial charge is 0.261 e. The van der Waals surface area contributed by atoms with Crippen molar-refractivity contribution in [3.63, 3.8) is 0 Å². The van der Waals surface area contributed by atoms with Crippen LogP contribution in [-0.2, 0) is 4.74 Å². The Labute approximate surface area is 118 Å². The van der Waals surface area contributed by atoms with E-state index in [2.05, 4.69) is 10.2 Å². The van der Waals surface area contributed by atoms with E-state index in [9.17, 15) is 4.79 Å². The lowest BCUT2D eigenvalue weighted by Crippen LogP contribution is -2.39. The molecule has 0 unspecified atom stereocenters. The van der Waals surface area contributed by atoms with Crippen LogP contribution in [0.5, 0.6) is 0 Å². The number of ether oxygens (including phenoxy) is 1. The summed E-state index contributed by atoms with van der Waals surface area (Å²) in [6, 6.07) is 3.78. The van der Waals surface area contributed by atoms with Crippen molar-refractivity contribution in [1.29, 1.82) is 0 Å². The van der Waals surface area contributed by atoms with Crippen molar-refractivity contribution in [2.45, 2.75) is 12.8 Å². The van der Waals surface area contributed by atoms with E-state index in [1.807, 2.05) is 17.5 Å². The van der Waals surface area contributed by atoms with Gasteiger partial charge in [0.25, 0.3) is 5.91 Å². The van der Waals surface area contributed by atoms with E-state index in [1.54, 1.807) is 7.11 Å². The maximum atomic E-state index is 11.8. The minimum Gasteiger partial charge on any atom is -0.383 e. The molecule has 0 radical (unpaired) electrons. The van der Waals surface area contributed by atoms with E-state index in [0.29, 0.717) is 5.92 Å². The van der Waals surface area contributed by atoms with Crippen molar-refractivity contribution in [2.24, 2.45) is 5.92 Å². The van der Waals surface area contributed by atoms with Gasteiger partial charge in [-0.3, -0.25) is 4.79 Å². The zero-order valence-electron chi connectivity index (χ0n) is 11.4. The van der Waals surface area contributed by atoms with Gasteiger partial charge in [0, 0.05) is 20.2 Å². The van der Waals surface area contributed by atoms with Gasteiger partial charge in [-0.15, -0.1) is 11.3 Å². The second-order valence-electron chi connectivity index (χ2n) is 4.97. The van der Waals surface area contributed by atoms with Crippen LogP contribution >= 0.6 is 11.3 Å². The fourth-order valence-corrected chi connectivity index (χ4v) is 3.01. The fourth-order valence-electron chi connectivity index (χ4n) is 2.37. The number of rotatable bonds is 6. The van der Waals surface area contributed by atoms with Crippen molar-refractivity contribution < 1.29 is 9.53 Å². The van der Waals surface area contributed by atoms with Gasteiger partial charge in [0.1, 0.15) is 0 Å². The first-order valence-corrected chi connectivity index (χ1v) is 7.70. The highest BCUT2D eigenvalue weighted by Crippen LogP contribution is 2.16. The fraction of sp³-hybridized carbons (Fsp3) is 0.643. The summed E-state index contributed by atoms with van der Waals surface area (Å²) in [6.45, 7) is 4.85. The molecule has 1 amide bonds. The zero-order chi connectivity index (χ0) is 13.5.